The highest BCUT2D eigenvalue weighted by Crippen LogP contribution is 2.33. The number of esters is 1. The number of nitrogens with one attached hydrogen (secondary N) is 1. The van der Waals surface area contributed by atoms with E-state index < -0.39 is 11.8 Å². The van der Waals surface area contributed by atoms with Crippen molar-refractivity contribution in [3.05, 3.63) is 59.9 Å². The Morgan fingerprint density at radius 1 is 1.19 bits per heavy atom. The molecule has 27 heavy (non-hydrogen) atoms. The first-order chi connectivity index (χ1) is 12.9. The molecule has 0 atom stereocenters. The zero-order valence-corrected chi connectivity index (χ0v) is 15.3. The lowest BCUT2D eigenvalue weighted by atomic mass is 10.1. The van der Waals surface area contributed by atoms with E-state index in [0.717, 1.165) is 12.0 Å². The molecule has 2 aromatic carbocycles. The van der Waals surface area contributed by atoms with Crippen molar-refractivity contribution in [2.45, 2.75) is 20.3 Å². The molecule has 0 saturated carbocycles. The van der Waals surface area contributed by atoms with E-state index in [0.29, 0.717) is 5.56 Å². The summed E-state index contributed by atoms with van der Waals surface area (Å²) in [6.45, 7) is 7.33. The van der Waals surface area contributed by atoms with E-state index in [-0.39, 0.29) is 36.2 Å². The zero-order chi connectivity index (χ0) is 19.8. The molecule has 0 saturated heterocycles. The number of phenols is 1. The minimum absolute atomic E-state index is 0.0430. The summed E-state index contributed by atoms with van der Waals surface area (Å²) in [5.41, 5.74) is 4.08. The van der Waals surface area contributed by atoms with E-state index in [1.165, 1.54) is 12.1 Å². The molecule has 0 unspecified atom stereocenters. The van der Waals surface area contributed by atoms with Gasteiger partial charge in [0.25, 0.3) is 0 Å². The third kappa shape index (κ3) is 5.72. The Kier molecular flexibility index (Phi) is 7.19. The number of rotatable bonds is 9. The molecule has 0 fully saturated rings. The second-order valence-electron chi connectivity index (χ2n) is 5.58. The van der Waals surface area contributed by atoms with Crippen molar-refractivity contribution in [3.63, 3.8) is 0 Å². The van der Waals surface area contributed by atoms with Crippen LogP contribution in [0.15, 0.2) is 43.0 Å². The van der Waals surface area contributed by atoms with Crippen LogP contribution in [0.4, 0.5) is 4.39 Å². The minimum Gasteiger partial charge on any atom is -0.504 e. The van der Waals surface area contributed by atoms with Gasteiger partial charge in [0.2, 0.25) is 0 Å². The average Bonchev–Trinajstić information content (AvgIpc) is 2.64. The van der Waals surface area contributed by atoms with Crippen molar-refractivity contribution >= 4 is 11.7 Å². The smallest absolute Gasteiger partial charge is 0.334 e. The van der Waals surface area contributed by atoms with Crippen LogP contribution in [0.3, 0.4) is 0 Å². The number of carbonyl (C=O) groups excluding carboxylic acids is 1. The number of benzene rings is 2. The minimum atomic E-state index is -0.639. The van der Waals surface area contributed by atoms with E-state index in [9.17, 15) is 14.3 Å². The van der Waals surface area contributed by atoms with Crippen LogP contribution in [-0.4, -0.2) is 24.3 Å². The third-order valence-electron chi connectivity index (χ3n) is 3.62. The number of phenolic OH excluding ortho intramolecular Hbond substituents is 1. The number of ether oxygens (including phenoxy) is 2. The summed E-state index contributed by atoms with van der Waals surface area (Å²) >= 11 is 0. The van der Waals surface area contributed by atoms with Gasteiger partial charge in [-0.3, -0.25) is 10.3 Å². The first-order valence-corrected chi connectivity index (χ1v) is 8.46. The summed E-state index contributed by atoms with van der Waals surface area (Å²) in [5, 5.41) is 9.97. The predicted molar refractivity (Wildman–Crippen MR) is 98.7 cm³/mol. The molecule has 0 radical (unpaired) electrons. The molecule has 2 N–H and O–H groups in total. The lowest BCUT2D eigenvalue weighted by Crippen LogP contribution is -2.20. The number of hydrogen-bond donors (Lipinski definition) is 2. The second kappa shape index (κ2) is 9.59. The molecule has 0 spiro atoms. The van der Waals surface area contributed by atoms with E-state index in [1.54, 1.807) is 31.2 Å². The summed E-state index contributed by atoms with van der Waals surface area (Å²) in [5.74, 6) is -1.11. The van der Waals surface area contributed by atoms with E-state index in [2.05, 4.69) is 12.1 Å². The lowest BCUT2D eigenvalue weighted by molar-refractivity contribution is -0.150. The molecule has 144 valence electrons. The molecule has 0 aliphatic heterocycles. The SMILES string of the molecule is C=C(NOCC(=O)OCC)c1ccc(Oc2ccc(CC)cc2O)c(F)c1. The van der Waals surface area contributed by atoms with Crippen LogP contribution >= 0.6 is 0 Å². The van der Waals surface area contributed by atoms with Gasteiger partial charge in [0.15, 0.2) is 29.7 Å². The van der Waals surface area contributed by atoms with E-state index in [4.69, 9.17) is 14.3 Å². The second-order valence-corrected chi connectivity index (χ2v) is 5.58. The van der Waals surface area contributed by atoms with E-state index >= 15 is 0 Å². The maximum atomic E-state index is 14.3. The quantitative estimate of drug-likeness (QED) is 0.511. The summed E-state index contributed by atoms with van der Waals surface area (Å²) in [4.78, 5) is 16.1. The standard InChI is InChI=1S/C20H22FNO5/c1-4-14-6-8-19(17(23)10-14)27-18-9-7-15(11-16(18)21)13(3)22-26-12-20(24)25-5-2/h6-11,22-23H,3-5,12H2,1-2H3. The number of hydrogen-bond acceptors (Lipinski definition) is 6. The number of aryl methyl sites for hydroxylation is 1. The van der Waals surface area contributed by atoms with Crippen LogP contribution in [0.2, 0.25) is 0 Å². The lowest BCUT2D eigenvalue weighted by Gasteiger charge is -2.12. The maximum Gasteiger partial charge on any atom is 0.334 e. The van der Waals surface area contributed by atoms with Gasteiger partial charge in [0, 0.05) is 5.56 Å². The summed E-state index contributed by atoms with van der Waals surface area (Å²) in [6.07, 6.45) is 0.768. The van der Waals surface area contributed by atoms with Crippen LogP contribution in [-0.2, 0) is 20.8 Å². The number of aromatic hydroxyl groups is 1. The number of carbonyl (C=O) groups is 1. The Balaban J connectivity index is 2.00. The number of halogens is 1. The summed E-state index contributed by atoms with van der Waals surface area (Å²) in [6, 6.07) is 9.15. The van der Waals surface area contributed by atoms with Crippen LogP contribution in [0.25, 0.3) is 5.70 Å². The number of hydroxylamine groups is 1. The van der Waals surface area contributed by atoms with E-state index in [1.807, 2.05) is 6.92 Å². The molecule has 0 aliphatic rings. The summed E-state index contributed by atoms with van der Waals surface area (Å²) in [7, 11) is 0. The molecule has 0 aromatic heterocycles. The Morgan fingerprint density at radius 3 is 2.56 bits per heavy atom. The Morgan fingerprint density at radius 2 is 1.93 bits per heavy atom. The fourth-order valence-corrected chi connectivity index (χ4v) is 2.20. The van der Waals surface area contributed by atoms with Crippen molar-refractivity contribution in [3.8, 4) is 17.2 Å². The van der Waals surface area contributed by atoms with Crippen LogP contribution in [0.5, 0.6) is 17.2 Å². The highest BCUT2D eigenvalue weighted by Gasteiger charge is 2.11. The highest BCUT2D eigenvalue weighted by molar-refractivity contribution is 5.70. The first kappa shape index (κ1) is 20.3. The van der Waals surface area contributed by atoms with Gasteiger partial charge < -0.3 is 14.6 Å². The van der Waals surface area contributed by atoms with Crippen LogP contribution in [0, 0.1) is 5.82 Å². The molecular formula is C20H22FNO5. The van der Waals surface area contributed by atoms with Crippen molar-refractivity contribution in [1.29, 1.82) is 0 Å². The van der Waals surface area contributed by atoms with Gasteiger partial charge in [-0.2, -0.15) is 0 Å². The predicted octanol–water partition coefficient (Wildman–Crippen LogP) is 3.94. The van der Waals surface area contributed by atoms with Gasteiger partial charge in [-0.15, -0.1) is 0 Å². The van der Waals surface area contributed by atoms with Crippen molar-refractivity contribution in [2.24, 2.45) is 0 Å². The van der Waals surface area contributed by atoms with Gasteiger partial charge in [0.05, 0.1) is 12.3 Å². The Labute approximate surface area is 157 Å². The van der Waals surface area contributed by atoms with Gasteiger partial charge in [-0.05, 0) is 49.2 Å². The maximum absolute atomic E-state index is 14.3. The van der Waals surface area contributed by atoms with Gasteiger partial charge in [0.1, 0.15) is 0 Å². The highest BCUT2D eigenvalue weighted by atomic mass is 19.1. The Hall–Kier alpha value is -3.06. The third-order valence-corrected chi connectivity index (χ3v) is 3.62. The molecular weight excluding hydrogens is 353 g/mol. The van der Waals surface area contributed by atoms with Crippen molar-refractivity contribution in [2.75, 3.05) is 13.2 Å². The average molecular weight is 375 g/mol. The largest absolute Gasteiger partial charge is 0.504 e. The van der Waals surface area contributed by atoms with Gasteiger partial charge in [-0.1, -0.05) is 19.6 Å². The first-order valence-electron chi connectivity index (χ1n) is 8.46. The molecule has 7 heteroatoms. The fourth-order valence-electron chi connectivity index (χ4n) is 2.20. The van der Waals surface area contributed by atoms with Crippen molar-refractivity contribution in [1.82, 2.24) is 5.48 Å². The van der Waals surface area contributed by atoms with Crippen LogP contribution < -0.4 is 10.2 Å². The molecule has 2 aromatic rings. The molecule has 0 heterocycles. The molecule has 0 bridgehead atoms. The normalized spacial score (nSPS) is 10.3. The van der Waals surface area contributed by atoms with Gasteiger partial charge >= 0.3 is 5.97 Å². The summed E-state index contributed by atoms with van der Waals surface area (Å²) < 4.78 is 24.5. The molecule has 0 aliphatic carbocycles. The van der Waals surface area contributed by atoms with Crippen molar-refractivity contribution < 1.29 is 28.6 Å². The van der Waals surface area contributed by atoms with Gasteiger partial charge in [-0.25, -0.2) is 9.18 Å². The van der Waals surface area contributed by atoms with Crippen LogP contribution in [0.1, 0.15) is 25.0 Å². The Bertz CT molecular complexity index is 822. The molecule has 6 nitrogen and oxygen atoms in total. The fraction of sp³-hybridized carbons (Fsp3) is 0.250. The topological polar surface area (TPSA) is 77.0 Å². The zero-order valence-electron chi connectivity index (χ0n) is 15.3. The molecule has 2 rings (SSSR count). The monoisotopic (exact) mass is 375 g/mol. The molecule has 0 amide bonds.